The fraction of sp³-hybridized carbons (Fsp3) is 0.231. The molecule has 0 fully saturated rings. The van der Waals surface area contributed by atoms with E-state index in [9.17, 15) is 0 Å². The Balaban J connectivity index is 2.11. The summed E-state index contributed by atoms with van der Waals surface area (Å²) in [5.74, 6) is 0. The smallest absolute Gasteiger partial charge is 0.115 e. The molecule has 0 aliphatic rings. The summed E-state index contributed by atoms with van der Waals surface area (Å²) in [5, 5.41) is 0. The first-order valence-electron chi connectivity index (χ1n) is 5.34. The molecule has 0 saturated carbocycles. The number of nitrogens with two attached hydrogens (primary N) is 1. The van der Waals surface area contributed by atoms with Crippen LogP contribution in [0, 0.1) is 6.92 Å². The van der Waals surface area contributed by atoms with Gasteiger partial charge in [-0.3, -0.25) is 0 Å². The number of rotatable bonds is 3. The minimum absolute atomic E-state index is 0.00417. The third kappa shape index (κ3) is 2.64. The van der Waals surface area contributed by atoms with Crippen LogP contribution in [0.3, 0.4) is 0 Å². The van der Waals surface area contributed by atoms with Crippen molar-refractivity contribution in [1.29, 1.82) is 0 Å². The molecule has 3 nitrogen and oxygen atoms in total. The molecule has 1 atom stereocenters. The summed E-state index contributed by atoms with van der Waals surface area (Å²) in [6.07, 6.45) is 2.33. The van der Waals surface area contributed by atoms with Crippen LogP contribution in [0.5, 0.6) is 0 Å². The Bertz CT molecular complexity index is 454. The van der Waals surface area contributed by atoms with E-state index < -0.39 is 0 Å². The molecule has 1 aromatic heterocycles. The highest BCUT2D eigenvalue weighted by atomic mass is 14.8. The first kappa shape index (κ1) is 10.8. The van der Waals surface area contributed by atoms with Gasteiger partial charge in [0, 0.05) is 23.9 Å². The third-order valence-corrected chi connectivity index (χ3v) is 2.52. The summed E-state index contributed by atoms with van der Waals surface area (Å²) in [5.41, 5.74) is 9.22. The van der Waals surface area contributed by atoms with E-state index >= 15 is 0 Å². The van der Waals surface area contributed by atoms with Crippen LogP contribution in [-0.2, 0) is 6.42 Å². The molecule has 2 rings (SSSR count). The van der Waals surface area contributed by atoms with E-state index in [1.165, 1.54) is 0 Å². The van der Waals surface area contributed by atoms with Crippen LogP contribution < -0.4 is 5.73 Å². The van der Waals surface area contributed by atoms with Gasteiger partial charge in [0.05, 0.1) is 0 Å². The Labute approximate surface area is 95.4 Å². The fourth-order valence-electron chi connectivity index (χ4n) is 1.66. The second kappa shape index (κ2) is 4.86. The van der Waals surface area contributed by atoms with Crippen LogP contribution in [0.1, 0.15) is 23.0 Å². The lowest BCUT2D eigenvalue weighted by atomic mass is 10.0. The molecule has 0 bridgehead atoms. The number of aryl methyl sites for hydroxylation is 1. The Morgan fingerprint density at radius 2 is 1.94 bits per heavy atom. The van der Waals surface area contributed by atoms with Crippen LogP contribution in [0.25, 0.3) is 0 Å². The van der Waals surface area contributed by atoms with E-state index in [-0.39, 0.29) is 6.04 Å². The molecule has 82 valence electrons. The lowest BCUT2D eigenvalue weighted by Gasteiger charge is -2.11. The molecule has 2 N–H and O–H groups in total. The molecule has 1 aromatic carbocycles. The highest BCUT2D eigenvalue weighted by Crippen LogP contribution is 2.14. The van der Waals surface area contributed by atoms with Crippen molar-refractivity contribution in [1.82, 2.24) is 9.97 Å². The summed E-state index contributed by atoms with van der Waals surface area (Å²) in [7, 11) is 0. The molecule has 0 aliphatic carbocycles. The van der Waals surface area contributed by atoms with Gasteiger partial charge in [0.25, 0.3) is 0 Å². The monoisotopic (exact) mass is 213 g/mol. The van der Waals surface area contributed by atoms with Gasteiger partial charge in [0.15, 0.2) is 0 Å². The van der Waals surface area contributed by atoms with E-state index in [0.717, 1.165) is 23.4 Å². The van der Waals surface area contributed by atoms with Crippen LogP contribution >= 0.6 is 0 Å². The second-order valence-corrected chi connectivity index (χ2v) is 3.87. The number of aromatic nitrogens is 2. The Morgan fingerprint density at radius 1 is 1.19 bits per heavy atom. The predicted octanol–water partition coefficient (Wildman–Crippen LogP) is 2.03. The van der Waals surface area contributed by atoms with Crippen LogP contribution in [-0.4, -0.2) is 9.97 Å². The molecule has 1 unspecified atom stereocenters. The van der Waals surface area contributed by atoms with Gasteiger partial charge in [0.1, 0.15) is 6.33 Å². The van der Waals surface area contributed by atoms with E-state index in [1.807, 2.05) is 43.3 Å². The highest BCUT2D eigenvalue weighted by Gasteiger charge is 2.07. The average Bonchev–Trinajstić information content (AvgIpc) is 2.30. The van der Waals surface area contributed by atoms with Crippen molar-refractivity contribution in [3.63, 3.8) is 0 Å². The minimum atomic E-state index is -0.00417. The van der Waals surface area contributed by atoms with Gasteiger partial charge in [0.2, 0.25) is 0 Å². The zero-order valence-corrected chi connectivity index (χ0v) is 9.30. The summed E-state index contributed by atoms with van der Waals surface area (Å²) in [6, 6.07) is 12.0. The quantitative estimate of drug-likeness (QED) is 0.848. The van der Waals surface area contributed by atoms with Crippen molar-refractivity contribution in [3.05, 3.63) is 59.7 Å². The van der Waals surface area contributed by atoms with E-state index in [1.54, 1.807) is 6.33 Å². The first-order chi connectivity index (χ1) is 7.75. The molecule has 3 heteroatoms. The SMILES string of the molecule is Cc1cc(CC(N)c2ccccc2)ncn1. The van der Waals surface area contributed by atoms with Crippen LogP contribution in [0.15, 0.2) is 42.7 Å². The molecule has 0 aliphatic heterocycles. The van der Waals surface area contributed by atoms with Gasteiger partial charge in [-0.25, -0.2) is 9.97 Å². The maximum atomic E-state index is 6.12. The highest BCUT2D eigenvalue weighted by molar-refractivity contribution is 5.20. The molecular weight excluding hydrogens is 198 g/mol. The molecule has 0 spiro atoms. The third-order valence-electron chi connectivity index (χ3n) is 2.52. The Morgan fingerprint density at radius 3 is 2.62 bits per heavy atom. The molecule has 2 aromatic rings. The Hall–Kier alpha value is -1.74. The summed E-state index contributed by atoms with van der Waals surface area (Å²) in [6.45, 7) is 1.96. The number of nitrogens with zero attached hydrogens (tertiary/aromatic N) is 2. The zero-order valence-electron chi connectivity index (χ0n) is 9.30. The van der Waals surface area contributed by atoms with Gasteiger partial charge in [-0.2, -0.15) is 0 Å². The van der Waals surface area contributed by atoms with Gasteiger partial charge >= 0.3 is 0 Å². The van der Waals surface area contributed by atoms with Gasteiger partial charge in [-0.1, -0.05) is 30.3 Å². The molecule has 0 saturated heterocycles. The molecule has 0 amide bonds. The lowest BCUT2D eigenvalue weighted by Crippen LogP contribution is -2.14. The second-order valence-electron chi connectivity index (χ2n) is 3.87. The summed E-state index contributed by atoms with van der Waals surface area (Å²) >= 11 is 0. The standard InChI is InChI=1S/C13H15N3/c1-10-7-12(16-9-15-10)8-13(14)11-5-3-2-4-6-11/h2-7,9,13H,8,14H2,1H3. The molecule has 0 radical (unpaired) electrons. The molecular formula is C13H15N3. The minimum Gasteiger partial charge on any atom is -0.324 e. The van der Waals surface area contributed by atoms with Crippen molar-refractivity contribution >= 4 is 0 Å². The maximum absolute atomic E-state index is 6.12. The van der Waals surface area contributed by atoms with E-state index in [0.29, 0.717) is 0 Å². The summed E-state index contributed by atoms with van der Waals surface area (Å²) in [4.78, 5) is 8.28. The van der Waals surface area contributed by atoms with Gasteiger partial charge in [-0.05, 0) is 18.6 Å². The Kier molecular flexibility index (Phi) is 3.27. The van der Waals surface area contributed by atoms with Crippen molar-refractivity contribution in [2.75, 3.05) is 0 Å². The van der Waals surface area contributed by atoms with E-state index in [4.69, 9.17) is 5.73 Å². The molecule has 16 heavy (non-hydrogen) atoms. The first-order valence-corrected chi connectivity index (χ1v) is 5.34. The maximum Gasteiger partial charge on any atom is 0.115 e. The number of hydrogen-bond acceptors (Lipinski definition) is 3. The van der Waals surface area contributed by atoms with Crippen molar-refractivity contribution < 1.29 is 0 Å². The average molecular weight is 213 g/mol. The topological polar surface area (TPSA) is 51.8 Å². The fourth-order valence-corrected chi connectivity index (χ4v) is 1.66. The predicted molar refractivity (Wildman–Crippen MR) is 63.8 cm³/mol. The molecule has 1 heterocycles. The van der Waals surface area contributed by atoms with Crippen LogP contribution in [0.4, 0.5) is 0 Å². The summed E-state index contributed by atoms with van der Waals surface area (Å²) < 4.78 is 0. The largest absolute Gasteiger partial charge is 0.324 e. The van der Waals surface area contributed by atoms with Crippen molar-refractivity contribution in [2.45, 2.75) is 19.4 Å². The number of benzene rings is 1. The van der Waals surface area contributed by atoms with Crippen molar-refractivity contribution in [3.8, 4) is 0 Å². The van der Waals surface area contributed by atoms with Gasteiger partial charge < -0.3 is 5.73 Å². The van der Waals surface area contributed by atoms with Crippen LogP contribution in [0.2, 0.25) is 0 Å². The van der Waals surface area contributed by atoms with Crippen molar-refractivity contribution in [2.24, 2.45) is 5.73 Å². The van der Waals surface area contributed by atoms with Gasteiger partial charge in [-0.15, -0.1) is 0 Å². The lowest BCUT2D eigenvalue weighted by molar-refractivity contribution is 0.703. The number of hydrogen-bond donors (Lipinski definition) is 1. The van der Waals surface area contributed by atoms with E-state index in [2.05, 4.69) is 9.97 Å². The normalized spacial score (nSPS) is 12.4. The zero-order chi connectivity index (χ0) is 11.4.